The summed E-state index contributed by atoms with van der Waals surface area (Å²) in [5.74, 6) is 0.730. The van der Waals surface area contributed by atoms with Gasteiger partial charge < -0.3 is 14.8 Å². The molecule has 0 aliphatic carbocycles. The average Bonchev–Trinajstić information content (AvgIpc) is 2.33. The molecule has 0 aromatic carbocycles. The van der Waals surface area contributed by atoms with E-state index in [9.17, 15) is 0 Å². The van der Waals surface area contributed by atoms with Crippen molar-refractivity contribution in [1.29, 1.82) is 0 Å². The van der Waals surface area contributed by atoms with Crippen molar-refractivity contribution < 1.29 is 9.47 Å². The van der Waals surface area contributed by atoms with Crippen LogP contribution in [0.4, 0.5) is 0 Å². The maximum absolute atomic E-state index is 5.25. The summed E-state index contributed by atoms with van der Waals surface area (Å²) >= 11 is 0. The van der Waals surface area contributed by atoms with Crippen molar-refractivity contribution >= 4 is 0 Å². The predicted octanol–water partition coefficient (Wildman–Crippen LogP) is 0.749. The molecule has 0 bridgehead atoms. The Kier molecular flexibility index (Phi) is 6.64. The van der Waals surface area contributed by atoms with E-state index in [-0.39, 0.29) is 0 Å². The Morgan fingerprint density at radius 1 is 1.44 bits per heavy atom. The molecule has 0 saturated carbocycles. The van der Waals surface area contributed by atoms with Crippen LogP contribution < -0.4 is 5.32 Å². The van der Waals surface area contributed by atoms with Gasteiger partial charge in [0.15, 0.2) is 5.82 Å². The number of hydrogen-bond donors (Lipinski definition) is 1. The standard InChI is InChI=1S/C11H19N3O2/c1-3-16-9-11-13-5-4-10(14-11)8-12-6-7-15-2/h4-5,12H,3,6-9H2,1-2H3. The summed E-state index contributed by atoms with van der Waals surface area (Å²) in [5.41, 5.74) is 0.973. The van der Waals surface area contributed by atoms with Gasteiger partial charge in [-0.2, -0.15) is 0 Å². The van der Waals surface area contributed by atoms with Crippen LogP contribution >= 0.6 is 0 Å². The Hall–Kier alpha value is -1.04. The van der Waals surface area contributed by atoms with Crippen LogP contribution in [0.3, 0.4) is 0 Å². The third-order valence-corrected chi connectivity index (χ3v) is 1.99. The van der Waals surface area contributed by atoms with E-state index in [1.807, 2.05) is 13.0 Å². The number of nitrogens with one attached hydrogen (secondary N) is 1. The SMILES string of the molecule is CCOCc1nccc(CNCCOC)n1. The van der Waals surface area contributed by atoms with Crippen LogP contribution in [0, 0.1) is 0 Å². The first-order valence-electron chi connectivity index (χ1n) is 5.45. The normalized spacial score (nSPS) is 10.6. The summed E-state index contributed by atoms with van der Waals surface area (Å²) in [4.78, 5) is 8.50. The van der Waals surface area contributed by atoms with E-state index in [2.05, 4.69) is 15.3 Å². The van der Waals surface area contributed by atoms with Crippen molar-refractivity contribution in [3.05, 3.63) is 23.8 Å². The van der Waals surface area contributed by atoms with E-state index in [1.54, 1.807) is 13.3 Å². The molecule has 0 saturated heterocycles. The smallest absolute Gasteiger partial charge is 0.154 e. The van der Waals surface area contributed by atoms with E-state index in [1.165, 1.54) is 0 Å². The molecule has 0 amide bonds. The lowest BCUT2D eigenvalue weighted by molar-refractivity contribution is 0.128. The zero-order valence-corrected chi connectivity index (χ0v) is 9.90. The Morgan fingerprint density at radius 2 is 2.31 bits per heavy atom. The minimum absolute atomic E-state index is 0.475. The van der Waals surface area contributed by atoms with Gasteiger partial charge in [0.25, 0.3) is 0 Å². The molecule has 0 atom stereocenters. The first-order valence-corrected chi connectivity index (χ1v) is 5.45. The molecule has 90 valence electrons. The van der Waals surface area contributed by atoms with Crippen LogP contribution in [0.15, 0.2) is 12.3 Å². The average molecular weight is 225 g/mol. The lowest BCUT2D eigenvalue weighted by Crippen LogP contribution is -2.19. The molecule has 0 fully saturated rings. The van der Waals surface area contributed by atoms with E-state index in [4.69, 9.17) is 9.47 Å². The van der Waals surface area contributed by atoms with Crippen molar-refractivity contribution in [2.24, 2.45) is 0 Å². The van der Waals surface area contributed by atoms with E-state index >= 15 is 0 Å². The fourth-order valence-corrected chi connectivity index (χ4v) is 1.19. The summed E-state index contributed by atoms with van der Waals surface area (Å²) in [6, 6.07) is 1.90. The molecule has 5 nitrogen and oxygen atoms in total. The molecule has 1 heterocycles. The summed E-state index contributed by atoms with van der Waals surface area (Å²) < 4.78 is 10.2. The Balaban J connectivity index is 2.35. The molecule has 0 aliphatic heterocycles. The van der Waals surface area contributed by atoms with Crippen LogP contribution in [0.2, 0.25) is 0 Å². The van der Waals surface area contributed by atoms with Crippen molar-refractivity contribution in [1.82, 2.24) is 15.3 Å². The van der Waals surface area contributed by atoms with E-state index in [0.717, 1.165) is 24.6 Å². The largest absolute Gasteiger partial charge is 0.383 e. The number of methoxy groups -OCH3 is 1. The van der Waals surface area contributed by atoms with Crippen LogP contribution in [-0.4, -0.2) is 36.8 Å². The monoisotopic (exact) mass is 225 g/mol. The highest BCUT2D eigenvalue weighted by Gasteiger charge is 1.98. The summed E-state index contributed by atoms with van der Waals surface area (Å²) in [5, 5.41) is 3.23. The zero-order valence-electron chi connectivity index (χ0n) is 9.90. The van der Waals surface area contributed by atoms with Crippen LogP contribution in [0.1, 0.15) is 18.4 Å². The van der Waals surface area contributed by atoms with Crippen molar-refractivity contribution in [2.75, 3.05) is 26.9 Å². The van der Waals surface area contributed by atoms with Gasteiger partial charge in [-0.3, -0.25) is 0 Å². The molecule has 0 aliphatic rings. The van der Waals surface area contributed by atoms with Crippen molar-refractivity contribution in [2.45, 2.75) is 20.1 Å². The maximum atomic E-state index is 5.25. The molecular formula is C11H19N3O2. The lowest BCUT2D eigenvalue weighted by atomic mass is 10.4. The van der Waals surface area contributed by atoms with Gasteiger partial charge in [0.1, 0.15) is 6.61 Å². The fourth-order valence-electron chi connectivity index (χ4n) is 1.19. The number of nitrogens with zero attached hydrogens (tertiary/aromatic N) is 2. The summed E-state index contributed by atoms with van der Waals surface area (Å²) in [6.45, 7) is 5.36. The van der Waals surface area contributed by atoms with Crippen LogP contribution in [-0.2, 0) is 22.6 Å². The van der Waals surface area contributed by atoms with Crippen LogP contribution in [0.5, 0.6) is 0 Å². The fraction of sp³-hybridized carbons (Fsp3) is 0.636. The number of ether oxygens (including phenoxy) is 2. The number of aromatic nitrogens is 2. The van der Waals surface area contributed by atoms with Gasteiger partial charge in [0.05, 0.1) is 12.3 Å². The maximum Gasteiger partial charge on any atom is 0.154 e. The van der Waals surface area contributed by atoms with Gasteiger partial charge in [0.2, 0.25) is 0 Å². The lowest BCUT2D eigenvalue weighted by Gasteiger charge is -2.05. The minimum Gasteiger partial charge on any atom is -0.383 e. The van der Waals surface area contributed by atoms with E-state index in [0.29, 0.717) is 19.8 Å². The van der Waals surface area contributed by atoms with Gasteiger partial charge in [-0.1, -0.05) is 0 Å². The molecule has 1 aromatic heterocycles. The predicted molar refractivity (Wildman–Crippen MR) is 60.9 cm³/mol. The van der Waals surface area contributed by atoms with Gasteiger partial charge in [-0.15, -0.1) is 0 Å². The van der Waals surface area contributed by atoms with Crippen molar-refractivity contribution in [3.63, 3.8) is 0 Å². The second-order valence-corrected chi connectivity index (χ2v) is 3.27. The van der Waals surface area contributed by atoms with Gasteiger partial charge in [0, 0.05) is 33.0 Å². The molecular weight excluding hydrogens is 206 g/mol. The van der Waals surface area contributed by atoms with Gasteiger partial charge >= 0.3 is 0 Å². The van der Waals surface area contributed by atoms with Gasteiger partial charge in [-0.25, -0.2) is 9.97 Å². The summed E-state index contributed by atoms with van der Waals surface area (Å²) in [6.07, 6.45) is 1.76. The molecule has 1 N–H and O–H groups in total. The van der Waals surface area contributed by atoms with Crippen molar-refractivity contribution in [3.8, 4) is 0 Å². The van der Waals surface area contributed by atoms with Gasteiger partial charge in [-0.05, 0) is 13.0 Å². The summed E-state index contributed by atoms with van der Waals surface area (Å²) in [7, 11) is 1.69. The highest BCUT2D eigenvalue weighted by Crippen LogP contribution is 1.97. The van der Waals surface area contributed by atoms with Crippen LogP contribution in [0.25, 0.3) is 0 Å². The molecule has 1 rings (SSSR count). The second kappa shape index (κ2) is 8.15. The zero-order chi connectivity index (χ0) is 11.6. The molecule has 0 spiro atoms. The Morgan fingerprint density at radius 3 is 3.06 bits per heavy atom. The third-order valence-electron chi connectivity index (χ3n) is 1.99. The molecule has 0 unspecified atom stereocenters. The molecule has 1 aromatic rings. The van der Waals surface area contributed by atoms with E-state index < -0.39 is 0 Å². The Bertz CT molecular complexity index is 294. The molecule has 16 heavy (non-hydrogen) atoms. The topological polar surface area (TPSA) is 56.3 Å². The molecule has 5 heteroatoms. The highest BCUT2D eigenvalue weighted by molar-refractivity contribution is 5.01. The first-order chi connectivity index (χ1) is 7.86. The minimum atomic E-state index is 0.475. The second-order valence-electron chi connectivity index (χ2n) is 3.27. The first kappa shape index (κ1) is 13.0. The number of hydrogen-bond acceptors (Lipinski definition) is 5. The highest BCUT2D eigenvalue weighted by atomic mass is 16.5. The third kappa shape index (κ3) is 5.16. The molecule has 0 radical (unpaired) electrons. The Labute approximate surface area is 96.2 Å². The quantitative estimate of drug-likeness (QED) is 0.662. The number of rotatable bonds is 8.